The largest absolute Gasteiger partial charge is 0.480 e. The van der Waals surface area contributed by atoms with Crippen molar-refractivity contribution in [1.29, 1.82) is 0 Å². The van der Waals surface area contributed by atoms with Gasteiger partial charge >= 0.3 is 5.97 Å². The first-order chi connectivity index (χ1) is 8.93. The maximum absolute atomic E-state index is 12.3. The quantitative estimate of drug-likeness (QED) is 0.665. The molecule has 2 unspecified atom stereocenters. The van der Waals surface area contributed by atoms with Gasteiger partial charge in [0.25, 0.3) is 0 Å². The summed E-state index contributed by atoms with van der Waals surface area (Å²) in [6.07, 6.45) is 1.58. The summed E-state index contributed by atoms with van der Waals surface area (Å²) in [7, 11) is -3.43. The first-order valence-electron chi connectivity index (χ1n) is 6.39. The van der Waals surface area contributed by atoms with E-state index < -0.39 is 33.0 Å². The molecule has 0 aromatic rings. The van der Waals surface area contributed by atoms with E-state index in [1.165, 1.54) is 4.90 Å². The van der Waals surface area contributed by atoms with Crippen LogP contribution in [0.1, 0.15) is 19.3 Å². The van der Waals surface area contributed by atoms with Crippen LogP contribution in [0.4, 0.5) is 0 Å². The smallest absolute Gasteiger partial charge is 0.327 e. The van der Waals surface area contributed by atoms with Crippen molar-refractivity contribution in [2.75, 3.05) is 25.4 Å². The number of rotatable bonds is 2. The molecule has 0 aromatic carbocycles. The van der Waals surface area contributed by atoms with Crippen LogP contribution in [0.15, 0.2) is 0 Å². The number of amides is 1. The normalized spacial score (nSPS) is 30.8. The SMILES string of the molecule is O=C(O)C1CNCCN1C(=O)C1CCCCS1(=O)=O. The van der Waals surface area contributed by atoms with Gasteiger partial charge in [0, 0.05) is 19.6 Å². The number of carboxylic acids is 1. The Bertz CT molecular complexity index is 475. The van der Waals surface area contributed by atoms with Gasteiger partial charge in [-0.3, -0.25) is 4.79 Å². The van der Waals surface area contributed by atoms with E-state index in [1.807, 2.05) is 0 Å². The van der Waals surface area contributed by atoms with Crippen LogP contribution in [0.3, 0.4) is 0 Å². The molecule has 2 heterocycles. The number of hydrogen-bond donors (Lipinski definition) is 2. The predicted octanol–water partition coefficient (Wildman–Crippen LogP) is -1.16. The summed E-state index contributed by atoms with van der Waals surface area (Å²) in [6.45, 7) is 0.887. The van der Waals surface area contributed by atoms with Gasteiger partial charge in [-0.15, -0.1) is 0 Å². The molecule has 0 spiro atoms. The number of carbonyl (C=O) groups is 2. The van der Waals surface area contributed by atoms with E-state index in [9.17, 15) is 18.0 Å². The molecular weight excluding hydrogens is 272 g/mol. The second-order valence-corrected chi connectivity index (χ2v) is 7.24. The van der Waals surface area contributed by atoms with Gasteiger partial charge in [0.05, 0.1) is 5.75 Å². The first kappa shape index (κ1) is 14.3. The number of nitrogens with one attached hydrogen (secondary N) is 1. The topological polar surface area (TPSA) is 104 Å². The van der Waals surface area contributed by atoms with Gasteiger partial charge in [-0.25, -0.2) is 13.2 Å². The number of carbonyl (C=O) groups excluding carboxylic acids is 1. The van der Waals surface area contributed by atoms with E-state index >= 15 is 0 Å². The molecule has 19 heavy (non-hydrogen) atoms. The van der Waals surface area contributed by atoms with Crippen molar-refractivity contribution in [2.45, 2.75) is 30.6 Å². The van der Waals surface area contributed by atoms with E-state index in [0.717, 1.165) is 0 Å². The highest BCUT2D eigenvalue weighted by Crippen LogP contribution is 2.22. The Morgan fingerprint density at radius 2 is 2.00 bits per heavy atom. The van der Waals surface area contributed by atoms with Gasteiger partial charge in [-0.1, -0.05) is 6.42 Å². The van der Waals surface area contributed by atoms with Crippen molar-refractivity contribution >= 4 is 21.7 Å². The lowest BCUT2D eigenvalue weighted by Gasteiger charge is -2.36. The first-order valence-corrected chi connectivity index (χ1v) is 8.10. The molecule has 2 fully saturated rings. The van der Waals surface area contributed by atoms with Gasteiger partial charge in [0.1, 0.15) is 11.3 Å². The van der Waals surface area contributed by atoms with Crippen LogP contribution in [0.5, 0.6) is 0 Å². The Labute approximate surface area is 111 Å². The van der Waals surface area contributed by atoms with Crippen molar-refractivity contribution in [1.82, 2.24) is 10.2 Å². The van der Waals surface area contributed by atoms with Crippen LogP contribution in [-0.2, 0) is 19.4 Å². The second-order valence-electron chi connectivity index (χ2n) is 4.94. The number of aliphatic carboxylic acids is 1. The standard InChI is InChI=1S/C11H18N2O5S/c14-10(9-3-1-2-6-19(9,17)18)13-5-4-12-7-8(13)11(15)16/h8-9,12H,1-7H2,(H,15,16). The predicted molar refractivity (Wildman–Crippen MR) is 67.4 cm³/mol. The number of piperazine rings is 1. The van der Waals surface area contributed by atoms with Crippen LogP contribution in [-0.4, -0.2) is 67.0 Å². The number of sulfone groups is 1. The van der Waals surface area contributed by atoms with Crippen LogP contribution < -0.4 is 5.32 Å². The van der Waals surface area contributed by atoms with Gasteiger partial charge in [-0.05, 0) is 12.8 Å². The zero-order valence-corrected chi connectivity index (χ0v) is 11.4. The molecule has 2 aliphatic rings. The summed E-state index contributed by atoms with van der Waals surface area (Å²) >= 11 is 0. The third-order valence-electron chi connectivity index (χ3n) is 3.67. The Morgan fingerprint density at radius 1 is 1.26 bits per heavy atom. The van der Waals surface area contributed by atoms with E-state index in [4.69, 9.17) is 5.11 Å². The zero-order chi connectivity index (χ0) is 14.0. The molecule has 7 nitrogen and oxygen atoms in total. The lowest BCUT2D eigenvalue weighted by molar-refractivity contribution is -0.151. The van der Waals surface area contributed by atoms with Crippen molar-refractivity contribution < 1.29 is 23.1 Å². The molecule has 2 saturated heterocycles. The fourth-order valence-electron chi connectivity index (χ4n) is 2.61. The number of carboxylic acid groups (broad SMARTS) is 1. The number of nitrogens with zero attached hydrogens (tertiary/aromatic N) is 1. The minimum Gasteiger partial charge on any atom is -0.480 e. The Hall–Kier alpha value is -1.15. The van der Waals surface area contributed by atoms with E-state index in [-0.39, 0.29) is 18.8 Å². The highest BCUT2D eigenvalue weighted by Gasteiger charge is 2.41. The molecule has 0 aliphatic carbocycles. The van der Waals surface area contributed by atoms with Crippen molar-refractivity contribution in [2.24, 2.45) is 0 Å². The summed E-state index contributed by atoms with van der Waals surface area (Å²) in [5.41, 5.74) is 0. The van der Waals surface area contributed by atoms with Crippen molar-refractivity contribution in [3.63, 3.8) is 0 Å². The molecule has 0 saturated carbocycles. The van der Waals surface area contributed by atoms with Gasteiger partial charge in [-0.2, -0.15) is 0 Å². The molecule has 1 amide bonds. The lowest BCUT2D eigenvalue weighted by atomic mass is 10.1. The van der Waals surface area contributed by atoms with E-state index in [2.05, 4.69) is 5.32 Å². The average molecular weight is 290 g/mol. The third kappa shape index (κ3) is 2.89. The molecular formula is C11H18N2O5S. The van der Waals surface area contributed by atoms with Crippen LogP contribution in [0, 0.1) is 0 Å². The molecule has 2 N–H and O–H groups in total. The molecule has 0 aromatic heterocycles. The summed E-state index contributed by atoms with van der Waals surface area (Å²) < 4.78 is 23.9. The van der Waals surface area contributed by atoms with E-state index in [0.29, 0.717) is 25.8 Å². The summed E-state index contributed by atoms with van der Waals surface area (Å²) in [5, 5.41) is 10.9. The Morgan fingerprint density at radius 3 is 2.63 bits per heavy atom. The number of hydrogen-bond acceptors (Lipinski definition) is 5. The maximum atomic E-state index is 12.3. The highest BCUT2D eigenvalue weighted by atomic mass is 32.2. The molecule has 2 rings (SSSR count). The van der Waals surface area contributed by atoms with E-state index in [1.54, 1.807) is 0 Å². The maximum Gasteiger partial charge on any atom is 0.327 e. The van der Waals surface area contributed by atoms with Crippen LogP contribution in [0.25, 0.3) is 0 Å². The minimum atomic E-state index is -3.43. The molecule has 0 bridgehead atoms. The Kier molecular flexibility index (Phi) is 4.10. The minimum absolute atomic E-state index is 0.0211. The fourth-order valence-corrected chi connectivity index (χ4v) is 4.46. The second kappa shape index (κ2) is 5.46. The zero-order valence-electron chi connectivity index (χ0n) is 10.5. The fraction of sp³-hybridized carbons (Fsp3) is 0.818. The average Bonchev–Trinajstić information content (AvgIpc) is 2.37. The summed E-state index contributed by atoms with van der Waals surface area (Å²) in [5.74, 6) is -1.63. The molecule has 2 aliphatic heterocycles. The van der Waals surface area contributed by atoms with Gasteiger partial charge in [0.15, 0.2) is 9.84 Å². The Balaban J connectivity index is 2.19. The summed E-state index contributed by atoms with van der Waals surface area (Å²) in [4.78, 5) is 24.7. The monoisotopic (exact) mass is 290 g/mol. The van der Waals surface area contributed by atoms with Crippen LogP contribution in [0.2, 0.25) is 0 Å². The highest BCUT2D eigenvalue weighted by molar-refractivity contribution is 7.92. The lowest BCUT2D eigenvalue weighted by Crippen LogP contribution is -2.60. The third-order valence-corrected chi connectivity index (χ3v) is 5.83. The molecule has 8 heteroatoms. The van der Waals surface area contributed by atoms with Gasteiger partial charge < -0.3 is 15.3 Å². The van der Waals surface area contributed by atoms with Crippen LogP contribution >= 0.6 is 0 Å². The van der Waals surface area contributed by atoms with Gasteiger partial charge in [0.2, 0.25) is 5.91 Å². The molecule has 2 atom stereocenters. The summed E-state index contributed by atoms with van der Waals surface area (Å²) in [6, 6.07) is -0.974. The molecule has 0 radical (unpaired) electrons. The van der Waals surface area contributed by atoms with Crippen molar-refractivity contribution in [3.05, 3.63) is 0 Å². The molecule has 108 valence electrons. The van der Waals surface area contributed by atoms with Crippen molar-refractivity contribution in [3.8, 4) is 0 Å².